The lowest BCUT2D eigenvalue weighted by molar-refractivity contribution is 0.0771. The predicted molar refractivity (Wildman–Crippen MR) is 76.1 cm³/mol. The van der Waals surface area contributed by atoms with Crippen molar-refractivity contribution in [3.8, 4) is 11.3 Å². The molecule has 0 bridgehead atoms. The average Bonchev–Trinajstić information content (AvgIpc) is 2.83. The molecule has 1 amide bonds. The molecule has 3 nitrogen and oxygen atoms in total. The van der Waals surface area contributed by atoms with Crippen molar-refractivity contribution in [2.45, 2.75) is 20.8 Å². The summed E-state index contributed by atoms with van der Waals surface area (Å²) in [5.74, 6) is 1.46. The topological polar surface area (TPSA) is 33.5 Å². The molecule has 0 spiro atoms. The number of benzene rings is 1. The third-order valence-corrected chi connectivity index (χ3v) is 3.26. The van der Waals surface area contributed by atoms with E-state index in [4.69, 9.17) is 4.42 Å². The summed E-state index contributed by atoms with van der Waals surface area (Å²) >= 11 is 0. The number of hydrogen-bond donors (Lipinski definition) is 0. The zero-order valence-electron chi connectivity index (χ0n) is 11.6. The van der Waals surface area contributed by atoms with Gasteiger partial charge in [-0.3, -0.25) is 4.79 Å². The number of rotatable bonds is 4. The van der Waals surface area contributed by atoms with Crippen LogP contribution in [-0.4, -0.2) is 23.9 Å². The molecule has 0 N–H and O–H groups in total. The minimum Gasteiger partial charge on any atom is -0.461 e. The van der Waals surface area contributed by atoms with E-state index in [0.717, 1.165) is 11.3 Å². The maximum Gasteiger partial charge on any atom is 0.257 e. The highest BCUT2D eigenvalue weighted by Gasteiger charge is 2.19. The van der Waals surface area contributed by atoms with E-state index in [1.165, 1.54) is 0 Å². The first kappa shape index (κ1) is 13.4. The van der Waals surface area contributed by atoms with E-state index in [1.54, 1.807) is 4.90 Å². The number of carbonyl (C=O) groups is 1. The molecule has 0 aliphatic carbocycles. The highest BCUT2D eigenvalue weighted by atomic mass is 16.3. The van der Waals surface area contributed by atoms with Crippen LogP contribution in [0.2, 0.25) is 0 Å². The van der Waals surface area contributed by atoms with Gasteiger partial charge in [0.25, 0.3) is 5.91 Å². The van der Waals surface area contributed by atoms with Crippen LogP contribution in [0.3, 0.4) is 0 Å². The Kier molecular flexibility index (Phi) is 4.05. The van der Waals surface area contributed by atoms with Gasteiger partial charge in [-0.2, -0.15) is 0 Å². The molecule has 0 saturated heterocycles. The molecule has 1 aromatic carbocycles. The number of furan rings is 1. The lowest BCUT2D eigenvalue weighted by atomic mass is 10.1. The number of carbonyl (C=O) groups excluding carboxylic acids is 1. The van der Waals surface area contributed by atoms with E-state index < -0.39 is 0 Å². The second-order valence-corrected chi connectivity index (χ2v) is 4.42. The smallest absolute Gasteiger partial charge is 0.257 e. The molecular weight excluding hydrogens is 238 g/mol. The molecule has 0 atom stereocenters. The summed E-state index contributed by atoms with van der Waals surface area (Å²) in [5.41, 5.74) is 1.65. The van der Waals surface area contributed by atoms with Crippen LogP contribution in [0.15, 0.2) is 40.8 Å². The van der Waals surface area contributed by atoms with Crippen molar-refractivity contribution in [1.82, 2.24) is 4.90 Å². The van der Waals surface area contributed by atoms with Crippen molar-refractivity contribution in [2.75, 3.05) is 13.1 Å². The summed E-state index contributed by atoms with van der Waals surface area (Å²) in [6.45, 7) is 7.22. The van der Waals surface area contributed by atoms with Gasteiger partial charge in [-0.15, -0.1) is 0 Å². The first-order valence-corrected chi connectivity index (χ1v) is 6.62. The van der Waals surface area contributed by atoms with Gasteiger partial charge in [-0.05, 0) is 26.8 Å². The van der Waals surface area contributed by atoms with Gasteiger partial charge in [-0.25, -0.2) is 0 Å². The Hall–Kier alpha value is -2.03. The van der Waals surface area contributed by atoms with Crippen LogP contribution in [-0.2, 0) is 0 Å². The molecule has 19 heavy (non-hydrogen) atoms. The Morgan fingerprint density at radius 3 is 2.37 bits per heavy atom. The van der Waals surface area contributed by atoms with Gasteiger partial charge in [0.1, 0.15) is 11.5 Å². The van der Waals surface area contributed by atoms with Crippen LogP contribution < -0.4 is 0 Å². The molecule has 1 aromatic heterocycles. The Bertz CT molecular complexity index is 553. The summed E-state index contributed by atoms with van der Waals surface area (Å²) in [5, 5.41) is 0. The molecule has 0 aliphatic heterocycles. The second kappa shape index (κ2) is 5.74. The lowest BCUT2D eigenvalue weighted by Crippen LogP contribution is -2.30. The lowest BCUT2D eigenvalue weighted by Gasteiger charge is -2.17. The highest BCUT2D eigenvalue weighted by molar-refractivity contribution is 5.96. The van der Waals surface area contributed by atoms with Gasteiger partial charge < -0.3 is 9.32 Å². The van der Waals surface area contributed by atoms with E-state index in [9.17, 15) is 4.79 Å². The highest BCUT2D eigenvalue weighted by Crippen LogP contribution is 2.25. The van der Waals surface area contributed by atoms with Gasteiger partial charge in [0, 0.05) is 18.7 Å². The molecule has 2 rings (SSSR count). The van der Waals surface area contributed by atoms with E-state index in [-0.39, 0.29) is 5.91 Å². The molecule has 0 unspecified atom stereocenters. The van der Waals surface area contributed by atoms with E-state index >= 15 is 0 Å². The summed E-state index contributed by atoms with van der Waals surface area (Å²) in [7, 11) is 0. The van der Waals surface area contributed by atoms with Crippen LogP contribution in [0.1, 0.15) is 30.0 Å². The predicted octanol–water partition coefficient (Wildman–Crippen LogP) is 3.74. The standard InChI is InChI=1S/C16H19NO2/c1-4-17(5-2)16(18)14-11-15(19-12(14)3)13-9-7-6-8-10-13/h6-11H,4-5H2,1-3H3. The minimum atomic E-state index is 0.0356. The van der Waals surface area contributed by atoms with Gasteiger partial charge in [0.2, 0.25) is 0 Å². The SMILES string of the molecule is CCN(CC)C(=O)c1cc(-c2ccccc2)oc1C. The average molecular weight is 257 g/mol. The van der Waals surface area contributed by atoms with Gasteiger partial charge in [0.15, 0.2) is 0 Å². The van der Waals surface area contributed by atoms with Crippen molar-refractivity contribution in [1.29, 1.82) is 0 Å². The molecule has 0 radical (unpaired) electrons. The van der Waals surface area contributed by atoms with Crippen LogP contribution >= 0.6 is 0 Å². The molecule has 0 fully saturated rings. The molecule has 2 aromatic rings. The number of hydrogen-bond acceptors (Lipinski definition) is 2. The quantitative estimate of drug-likeness (QED) is 0.836. The monoisotopic (exact) mass is 257 g/mol. The number of nitrogens with zero attached hydrogens (tertiary/aromatic N) is 1. The van der Waals surface area contributed by atoms with Crippen molar-refractivity contribution in [3.63, 3.8) is 0 Å². The maximum atomic E-state index is 12.3. The summed E-state index contributed by atoms with van der Waals surface area (Å²) < 4.78 is 5.71. The van der Waals surface area contributed by atoms with Crippen molar-refractivity contribution >= 4 is 5.91 Å². The van der Waals surface area contributed by atoms with Gasteiger partial charge in [-0.1, -0.05) is 30.3 Å². The Balaban J connectivity index is 2.34. The third kappa shape index (κ3) is 2.70. The van der Waals surface area contributed by atoms with Gasteiger partial charge in [0.05, 0.1) is 5.56 Å². The first-order chi connectivity index (χ1) is 9.17. The molecule has 1 heterocycles. The normalized spacial score (nSPS) is 10.5. The summed E-state index contributed by atoms with van der Waals surface area (Å²) in [6.07, 6.45) is 0. The fourth-order valence-electron chi connectivity index (χ4n) is 2.12. The van der Waals surface area contributed by atoms with Crippen LogP contribution in [0.5, 0.6) is 0 Å². The van der Waals surface area contributed by atoms with E-state index in [0.29, 0.717) is 24.4 Å². The molecule has 0 saturated carbocycles. The molecule has 100 valence electrons. The summed E-state index contributed by atoms with van der Waals surface area (Å²) in [4.78, 5) is 14.1. The zero-order valence-corrected chi connectivity index (χ0v) is 11.6. The maximum absolute atomic E-state index is 12.3. The van der Waals surface area contributed by atoms with Crippen molar-refractivity contribution in [3.05, 3.63) is 47.7 Å². The Labute approximate surface area is 113 Å². The van der Waals surface area contributed by atoms with Crippen LogP contribution in [0.4, 0.5) is 0 Å². The second-order valence-electron chi connectivity index (χ2n) is 4.42. The van der Waals surface area contributed by atoms with Gasteiger partial charge >= 0.3 is 0 Å². The molecule has 3 heteroatoms. The summed E-state index contributed by atoms with van der Waals surface area (Å²) in [6, 6.07) is 11.7. The van der Waals surface area contributed by atoms with E-state index in [1.807, 2.05) is 57.2 Å². The van der Waals surface area contributed by atoms with Crippen LogP contribution in [0, 0.1) is 6.92 Å². The third-order valence-electron chi connectivity index (χ3n) is 3.26. The zero-order chi connectivity index (χ0) is 13.8. The molecule has 0 aliphatic rings. The van der Waals surface area contributed by atoms with Crippen molar-refractivity contribution in [2.24, 2.45) is 0 Å². The fourth-order valence-corrected chi connectivity index (χ4v) is 2.12. The number of aryl methyl sites for hydroxylation is 1. The molecular formula is C16H19NO2. The fraction of sp³-hybridized carbons (Fsp3) is 0.312. The first-order valence-electron chi connectivity index (χ1n) is 6.62. The largest absolute Gasteiger partial charge is 0.461 e. The number of amides is 1. The van der Waals surface area contributed by atoms with E-state index in [2.05, 4.69) is 0 Å². The minimum absolute atomic E-state index is 0.0356. The van der Waals surface area contributed by atoms with Crippen LogP contribution in [0.25, 0.3) is 11.3 Å². The Morgan fingerprint density at radius 2 is 1.79 bits per heavy atom. The van der Waals surface area contributed by atoms with Crippen molar-refractivity contribution < 1.29 is 9.21 Å². The Morgan fingerprint density at radius 1 is 1.16 bits per heavy atom.